The summed E-state index contributed by atoms with van der Waals surface area (Å²) in [5.74, 6) is 0.769. The molecular weight excluding hydrogens is 418 g/mol. The minimum atomic E-state index is -3.72. The number of hydrogen-bond acceptors (Lipinski definition) is 8. The van der Waals surface area contributed by atoms with Crippen LogP contribution in [0.15, 0.2) is 44.4 Å². The van der Waals surface area contributed by atoms with E-state index in [0.717, 1.165) is 59.8 Å². The Morgan fingerprint density at radius 1 is 1.25 bits per heavy atom. The SMILES string of the molecule is COc1cccc(N2Sc3sc(S(N)(=O)=O)cc3C=C2CN2CCOCC2)c1. The van der Waals surface area contributed by atoms with Crippen molar-refractivity contribution in [1.29, 1.82) is 0 Å². The van der Waals surface area contributed by atoms with E-state index in [2.05, 4.69) is 9.21 Å². The van der Waals surface area contributed by atoms with Crippen LogP contribution in [0.4, 0.5) is 5.69 Å². The van der Waals surface area contributed by atoms with Crippen LogP contribution in [0.25, 0.3) is 6.08 Å². The van der Waals surface area contributed by atoms with Crippen LogP contribution in [0.3, 0.4) is 0 Å². The van der Waals surface area contributed by atoms with E-state index in [0.29, 0.717) is 0 Å². The van der Waals surface area contributed by atoms with Crippen LogP contribution in [-0.4, -0.2) is 53.3 Å². The predicted molar refractivity (Wildman–Crippen MR) is 112 cm³/mol. The second kappa shape index (κ2) is 8.05. The molecule has 2 aliphatic heterocycles. The van der Waals surface area contributed by atoms with Gasteiger partial charge in [0.25, 0.3) is 0 Å². The Morgan fingerprint density at radius 3 is 2.75 bits per heavy atom. The lowest BCUT2D eigenvalue weighted by molar-refractivity contribution is 0.0423. The van der Waals surface area contributed by atoms with Crippen molar-refractivity contribution in [3.8, 4) is 5.75 Å². The van der Waals surface area contributed by atoms with Gasteiger partial charge < -0.3 is 9.47 Å². The summed E-state index contributed by atoms with van der Waals surface area (Å²) < 4.78 is 37.6. The van der Waals surface area contributed by atoms with Crippen LogP contribution in [0.2, 0.25) is 0 Å². The number of methoxy groups -OCH3 is 1. The summed E-state index contributed by atoms with van der Waals surface area (Å²) in [6.45, 7) is 3.92. The van der Waals surface area contributed by atoms with Crippen molar-refractivity contribution in [2.45, 2.75) is 8.42 Å². The Kier molecular flexibility index (Phi) is 5.68. The van der Waals surface area contributed by atoms with E-state index in [9.17, 15) is 8.42 Å². The maximum atomic E-state index is 11.8. The largest absolute Gasteiger partial charge is 0.497 e. The fourth-order valence-electron chi connectivity index (χ4n) is 3.11. The van der Waals surface area contributed by atoms with Gasteiger partial charge in [-0.15, -0.1) is 11.3 Å². The van der Waals surface area contributed by atoms with Gasteiger partial charge in [-0.1, -0.05) is 6.07 Å². The van der Waals surface area contributed by atoms with Gasteiger partial charge in [0.05, 0.1) is 30.2 Å². The highest BCUT2D eigenvalue weighted by Gasteiger charge is 2.27. The van der Waals surface area contributed by atoms with Gasteiger partial charge in [-0.25, -0.2) is 13.6 Å². The van der Waals surface area contributed by atoms with E-state index >= 15 is 0 Å². The standard InChI is InChI=1S/C18H21N3O4S3/c1-24-16-4-2-3-14(11-16)21-15(12-20-5-7-25-8-6-20)9-13-10-17(28(19,22)23)26-18(13)27-21/h2-4,9-11H,5-8,12H2,1H3,(H2,19,22,23). The lowest BCUT2D eigenvalue weighted by atomic mass is 10.2. The van der Waals surface area contributed by atoms with Crippen molar-refractivity contribution in [3.05, 3.63) is 41.6 Å². The highest BCUT2D eigenvalue weighted by atomic mass is 32.3. The third-order valence-corrected chi connectivity index (χ3v) is 8.39. The second-order valence-electron chi connectivity index (χ2n) is 6.46. The molecule has 0 atom stereocenters. The predicted octanol–water partition coefficient (Wildman–Crippen LogP) is 2.60. The van der Waals surface area contributed by atoms with Crippen molar-refractivity contribution < 1.29 is 17.9 Å². The van der Waals surface area contributed by atoms with Crippen LogP contribution >= 0.6 is 23.3 Å². The molecule has 1 aromatic carbocycles. The summed E-state index contributed by atoms with van der Waals surface area (Å²) in [5, 5.41) is 5.34. The van der Waals surface area contributed by atoms with Crippen molar-refractivity contribution in [2.75, 3.05) is 44.3 Å². The van der Waals surface area contributed by atoms with Gasteiger partial charge in [-0.05, 0) is 24.3 Å². The molecule has 150 valence electrons. The smallest absolute Gasteiger partial charge is 0.247 e. The van der Waals surface area contributed by atoms with E-state index in [1.807, 2.05) is 30.3 Å². The van der Waals surface area contributed by atoms with Gasteiger partial charge in [0.15, 0.2) is 0 Å². The maximum absolute atomic E-state index is 11.8. The number of hydrogen-bond donors (Lipinski definition) is 1. The molecule has 0 unspecified atom stereocenters. The molecule has 2 N–H and O–H groups in total. The monoisotopic (exact) mass is 439 g/mol. The number of benzene rings is 1. The number of primary sulfonamides is 1. The lowest BCUT2D eigenvalue weighted by Gasteiger charge is -2.34. The van der Waals surface area contributed by atoms with Gasteiger partial charge in [-0.2, -0.15) is 0 Å². The molecule has 0 bridgehead atoms. The van der Waals surface area contributed by atoms with Crippen LogP contribution in [0, 0.1) is 0 Å². The molecule has 0 radical (unpaired) electrons. The van der Waals surface area contributed by atoms with Crippen molar-refractivity contribution in [1.82, 2.24) is 4.90 Å². The first-order valence-electron chi connectivity index (χ1n) is 8.73. The molecule has 1 fully saturated rings. The molecule has 0 aliphatic carbocycles. The molecule has 0 saturated carbocycles. The molecular formula is C18H21N3O4S3. The minimum absolute atomic E-state index is 0.180. The van der Waals surface area contributed by atoms with Crippen LogP contribution in [0.5, 0.6) is 5.75 Å². The number of morpholine rings is 1. The fourth-order valence-corrected chi connectivity index (χ4v) is 6.36. The van der Waals surface area contributed by atoms with Gasteiger partial charge >= 0.3 is 0 Å². The van der Waals surface area contributed by atoms with Gasteiger partial charge in [-0.3, -0.25) is 9.21 Å². The number of fused-ring (bicyclic) bond motifs is 1. The summed E-state index contributed by atoms with van der Waals surface area (Å²) in [7, 11) is -2.08. The normalized spacial score (nSPS) is 17.9. The highest BCUT2D eigenvalue weighted by molar-refractivity contribution is 8.03. The molecule has 10 heteroatoms. The Hall–Kier alpha value is -1.56. The molecule has 1 aromatic heterocycles. The molecule has 2 aliphatic rings. The summed E-state index contributed by atoms with van der Waals surface area (Å²) in [5.41, 5.74) is 2.94. The third-order valence-electron chi connectivity index (χ3n) is 4.52. The number of rotatable bonds is 5. The Labute approximate surface area is 172 Å². The Balaban J connectivity index is 1.71. The zero-order chi connectivity index (χ0) is 19.7. The number of thiophene rings is 1. The minimum Gasteiger partial charge on any atom is -0.497 e. The van der Waals surface area contributed by atoms with Crippen molar-refractivity contribution in [3.63, 3.8) is 0 Å². The first-order chi connectivity index (χ1) is 13.4. The molecule has 4 rings (SSSR count). The van der Waals surface area contributed by atoms with Crippen molar-refractivity contribution >= 4 is 45.1 Å². The second-order valence-corrected chi connectivity index (χ2v) is 10.5. The number of nitrogens with zero attached hydrogens (tertiary/aromatic N) is 2. The molecule has 0 amide bonds. The summed E-state index contributed by atoms with van der Waals surface area (Å²) >= 11 is 2.71. The highest BCUT2D eigenvalue weighted by Crippen LogP contribution is 2.45. The van der Waals surface area contributed by atoms with Gasteiger partial charge in [0.2, 0.25) is 10.0 Å². The summed E-state index contributed by atoms with van der Waals surface area (Å²) in [4.78, 5) is 2.33. The topological polar surface area (TPSA) is 85.1 Å². The van der Waals surface area contributed by atoms with Crippen LogP contribution < -0.4 is 14.2 Å². The maximum Gasteiger partial charge on any atom is 0.247 e. The van der Waals surface area contributed by atoms with Crippen LogP contribution in [-0.2, 0) is 14.8 Å². The summed E-state index contributed by atoms with van der Waals surface area (Å²) in [6.07, 6.45) is 2.05. The first kappa shape index (κ1) is 19.7. The summed E-state index contributed by atoms with van der Waals surface area (Å²) in [6, 6.07) is 9.49. The lowest BCUT2D eigenvalue weighted by Crippen LogP contribution is -2.39. The van der Waals surface area contributed by atoms with Gasteiger partial charge in [0.1, 0.15) is 9.96 Å². The van der Waals surface area contributed by atoms with E-state index in [1.165, 1.54) is 23.3 Å². The molecule has 2 aromatic rings. The van der Waals surface area contributed by atoms with E-state index < -0.39 is 10.0 Å². The van der Waals surface area contributed by atoms with Crippen molar-refractivity contribution in [2.24, 2.45) is 5.14 Å². The Bertz CT molecular complexity index is 997. The average Bonchev–Trinajstić information content (AvgIpc) is 3.12. The van der Waals surface area contributed by atoms with E-state index in [4.69, 9.17) is 14.6 Å². The molecule has 28 heavy (non-hydrogen) atoms. The zero-order valence-electron chi connectivity index (χ0n) is 15.3. The molecule has 3 heterocycles. The Morgan fingerprint density at radius 2 is 2.04 bits per heavy atom. The number of nitrogens with two attached hydrogens (primary N) is 1. The third kappa shape index (κ3) is 4.22. The van der Waals surface area contributed by atoms with Crippen LogP contribution in [0.1, 0.15) is 5.56 Å². The number of sulfonamides is 1. The number of anilines is 1. The molecule has 0 spiro atoms. The quantitative estimate of drug-likeness (QED) is 0.717. The average molecular weight is 440 g/mol. The fraction of sp³-hybridized carbons (Fsp3) is 0.333. The number of ether oxygens (including phenoxy) is 2. The van der Waals surface area contributed by atoms with Gasteiger partial charge in [0, 0.05) is 48.9 Å². The molecule has 7 nitrogen and oxygen atoms in total. The van der Waals surface area contributed by atoms with E-state index in [-0.39, 0.29) is 4.21 Å². The first-order valence-corrected chi connectivity index (χ1v) is 11.9. The van der Waals surface area contributed by atoms with E-state index in [1.54, 1.807) is 13.2 Å². The molecule has 1 saturated heterocycles. The zero-order valence-corrected chi connectivity index (χ0v) is 17.8.